The van der Waals surface area contributed by atoms with Gasteiger partial charge in [0, 0.05) is 17.7 Å². The molecule has 3 N–H and O–H groups in total. The van der Waals surface area contributed by atoms with E-state index in [0.29, 0.717) is 37.0 Å². The van der Waals surface area contributed by atoms with Gasteiger partial charge in [0.15, 0.2) is 0 Å². The van der Waals surface area contributed by atoms with Crippen LogP contribution < -0.4 is 9.39 Å². The molecule has 2 aromatic rings. The van der Waals surface area contributed by atoms with Crippen molar-refractivity contribution >= 4 is 37.0 Å². The number of halogens is 1. The fourth-order valence-corrected chi connectivity index (χ4v) is 3.54. The Morgan fingerprint density at radius 2 is 2.06 bits per heavy atom. The third-order valence-electron chi connectivity index (χ3n) is 5.12. The number of nitrogens with one attached hydrogen (secondary N) is 1. The average molecular weight is 448 g/mol. The Bertz CT molecular complexity index is 1050. The number of carboxylic acid groups (broad SMARTS) is 1. The molecule has 1 fully saturated rings. The van der Waals surface area contributed by atoms with Crippen LogP contribution in [0.2, 0.25) is 6.32 Å². The van der Waals surface area contributed by atoms with E-state index in [9.17, 15) is 25.0 Å². The number of rotatable bonds is 5. The predicted octanol–water partition coefficient (Wildman–Crippen LogP) is 2.22. The molecule has 0 amide bonds. The Balaban J connectivity index is 0.00000272. The van der Waals surface area contributed by atoms with Crippen LogP contribution in [0.5, 0.6) is 11.5 Å². The van der Waals surface area contributed by atoms with Crippen LogP contribution in [0, 0.1) is 15.5 Å². The molecule has 31 heavy (non-hydrogen) atoms. The number of nitrogens with zero attached hydrogens (tertiary/aromatic N) is 2. The van der Waals surface area contributed by atoms with Crippen LogP contribution in [0.15, 0.2) is 36.4 Å². The predicted molar refractivity (Wildman–Crippen MR) is 114 cm³/mol. The van der Waals surface area contributed by atoms with Crippen LogP contribution in [0.25, 0.3) is 0 Å². The average Bonchev–Trinajstić information content (AvgIpc) is 2.69. The number of hydrogen-bond acceptors (Lipinski definition) is 7. The van der Waals surface area contributed by atoms with Gasteiger partial charge in [-0.3, -0.25) is 15.5 Å². The quantitative estimate of drug-likeness (QED) is 0.208. The summed E-state index contributed by atoms with van der Waals surface area (Å²) >= 11 is 0. The first-order valence-corrected chi connectivity index (χ1v) is 9.32. The number of fused-ring (bicyclic) bond motifs is 1. The van der Waals surface area contributed by atoms with E-state index in [-0.39, 0.29) is 47.1 Å². The normalized spacial score (nSPS) is 15.1. The minimum atomic E-state index is -1.21. The van der Waals surface area contributed by atoms with Crippen molar-refractivity contribution in [3.8, 4) is 11.5 Å². The molecule has 0 aromatic heterocycles. The van der Waals surface area contributed by atoms with Crippen LogP contribution in [-0.2, 0) is 6.42 Å². The van der Waals surface area contributed by atoms with Gasteiger partial charge in [-0.2, -0.15) is 0 Å². The van der Waals surface area contributed by atoms with E-state index >= 15 is 0 Å². The molecule has 10 nitrogen and oxygen atoms in total. The number of carbonyl (C=O) groups is 1. The fraction of sp³-hybridized carbons (Fsp3) is 0.263. The second kappa shape index (κ2) is 8.82. The smallest absolute Gasteiger partial charge is 0.522 e. The maximum atomic E-state index is 11.8. The summed E-state index contributed by atoms with van der Waals surface area (Å²) in [5.41, 5.74) is 0.907. The lowest BCUT2D eigenvalue weighted by Gasteiger charge is -2.41. The molecule has 4 rings (SSSR count). The molecule has 0 unspecified atom stereocenters. The lowest BCUT2D eigenvalue weighted by Crippen LogP contribution is -2.56. The van der Waals surface area contributed by atoms with Crippen molar-refractivity contribution < 1.29 is 29.2 Å². The van der Waals surface area contributed by atoms with E-state index < -0.39 is 18.0 Å². The van der Waals surface area contributed by atoms with Crippen LogP contribution >= 0.6 is 12.4 Å². The van der Waals surface area contributed by atoms with Crippen LogP contribution in [0.3, 0.4) is 0 Å². The topological polar surface area (TPSA) is 146 Å². The SMILES string of the molecule is Cl.N=C(c1cccc([N+](=O)[O-])c1)N1CC(Oc2ccc3c(c2C(=O)O)OB(O)CC3)C1. The number of nitro benzene ring substituents is 1. The molecule has 0 spiro atoms. The van der Waals surface area contributed by atoms with Gasteiger partial charge >= 0.3 is 13.1 Å². The molecule has 2 aliphatic heterocycles. The van der Waals surface area contributed by atoms with Crippen molar-refractivity contribution in [3.05, 3.63) is 63.2 Å². The lowest BCUT2D eigenvalue weighted by atomic mass is 9.78. The van der Waals surface area contributed by atoms with Crippen LogP contribution in [0.4, 0.5) is 5.69 Å². The van der Waals surface area contributed by atoms with E-state index in [1.807, 2.05) is 0 Å². The number of ether oxygens (including phenoxy) is 1. The fourth-order valence-electron chi connectivity index (χ4n) is 3.54. The minimum Gasteiger partial charge on any atom is -0.535 e. The zero-order chi connectivity index (χ0) is 21.4. The maximum Gasteiger partial charge on any atom is 0.522 e. The number of nitro groups is 1. The Morgan fingerprint density at radius 1 is 1.32 bits per heavy atom. The number of carboxylic acids is 1. The van der Waals surface area contributed by atoms with Gasteiger partial charge in [-0.05, 0) is 24.4 Å². The Kier molecular flexibility index (Phi) is 6.37. The number of benzene rings is 2. The summed E-state index contributed by atoms with van der Waals surface area (Å²) in [6.45, 7) is 0.669. The molecule has 2 aliphatic rings. The Hall–Kier alpha value is -3.31. The molecule has 0 radical (unpaired) electrons. The highest BCUT2D eigenvalue weighted by Gasteiger charge is 2.35. The first kappa shape index (κ1) is 22.4. The zero-order valence-corrected chi connectivity index (χ0v) is 17.0. The molecule has 0 aliphatic carbocycles. The van der Waals surface area contributed by atoms with Crippen LogP contribution in [-0.4, -0.2) is 58.1 Å². The third-order valence-corrected chi connectivity index (χ3v) is 5.12. The first-order chi connectivity index (χ1) is 14.3. The lowest BCUT2D eigenvalue weighted by molar-refractivity contribution is -0.384. The summed E-state index contributed by atoms with van der Waals surface area (Å²) < 4.78 is 11.2. The van der Waals surface area contributed by atoms with E-state index in [0.717, 1.165) is 0 Å². The van der Waals surface area contributed by atoms with Gasteiger partial charge in [-0.1, -0.05) is 18.2 Å². The first-order valence-electron chi connectivity index (χ1n) is 9.32. The highest BCUT2D eigenvalue weighted by Crippen LogP contribution is 2.37. The third kappa shape index (κ3) is 4.42. The van der Waals surface area contributed by atoms with Gasteiger partial charge < -0.3 is 24.4 Å². The highest BCUT2D eigenvalue weighted by atomic mass is 35.5. The Morgan fingerprint density at radius 3 is 2.74 bits per heavy atom. The van der Waals surface area contributed by atoms with Crippen molar-refractivity contribution in [1.82, 2.24) is 4.90 Å². The van der Waals surface area contributed by atoms with Crippen molar-refractivity contribution in [2.75, 3.05) is 13.1 Å². The summed E-state index contributed by atoms with van der Waals surface area (Å²) in [4.78, 5) is 23.9. The number of aryl methyl sites for hydroxylation is 1. The van der Waals surface area contributed by atoms with E-state index in [1.165, 1.54) is 18.2 Å². The van der Waals surface area contributed by atoms with Crippen molar-refractivity contribution in [1.29, 1.82) is 5.41 Å². The second-order valence-electron chi connectivity index (χ2n) is 7.14. The molecular formula is C19H19BClN3O7. The Labute approximate surface area is 183 Å². The molecule has 2 heterocycles. The number of aromatic carboxylic acids is 1. The second-order valence-corrected chi connectivity index (χ2v) is 7.14. The summed E-state index contributed by atoms with van der Waals surface area (Å²) in [5, 5.41) is 38.5. The largest absolute Gasteiger partial charge is 0.535 e. The van der Waals surface area contributed by atoms with Crippen molar-refractivity contribution in [2.24, 2.45) is 0 Å². The van der Waals surface area contributed by atoms with Gasteiger partial charge in [-0.15, -0.1) is 12.4 Å². The summed E-state index contributed by atoms with van der Waals surface area (Å²) in [7, 11) is -1.06. The minimum absolute atomic E-state index is 0. The molecular weight excluding hydrogens is 428 g/mol. The summed E-state index contributed by atoms with van der Waals surface area (Å²) in [6, 6.07) is 9.16. The number of non-ortho nitro benzene ring substituents is 1. The van der Waals surface area contributed by atoms with Gasteiger partial charge in [-0.25, -0.2) is 4.79 Å². The zero-order valence-electron chi connectivity index (χ0n) is 16.2. The van der Waals surface area contributed by atoms with Gasteiger partial charge in [0.05, 0.1) is 18.0 Å². The highest BCUT2D eigenvalue weighted by molar-refractivity contribution is 6.44. The van der Waals surface area contributed by atoms with E-state index in [2.05, 4.69) is 0 Å². The van der Waals surface area contributed by atoms with Crippen molar-refractivity contribution in [3.63, 3.8) is 0 Å². The molecule has 12 heteroatoms. The summed E-state index contributed by atoms with van der Waals surface area (Å²) in [5.74, 6) is -0.813. The van der Waals surface area contributed by atoms with Crippen LogP contribution in [0.1, 0.15) is 21.5 Å². The number of hydrogen-bond donors (Lipinski definition) is 3. The molecule has 1 saturated heterocycles. The van der Waals surface area contributed by atoms with Gasteiger partial charge in [0.2, 0.25) is 0 Å². The number of amidine groups is 1. The molecule has 0 saturated carbocycles. The standard InChI is InChI=1S/C19H18BN3O7.ClH/c21-18(12-2-1-3-13(8-12)23(27)28)22-9-14(10-22)29-15-5-4-11-6-7-20(26)30-17(11)16(15)19(24)25;/h1-5,8,14,21,26H,6-7,9-10H2,(H,24,25);1H. The molecule has 0 atom stereocenters. The van der Waals surface area contributed by atoms with E-state index in [4.69, 9.17) is 14.8 Å². The maximum absolute atomic E-state index is 11.8. The van der Waals surface area contributed by atoms with Gasteiger partial charge in [0.25, 0.3) is 5.69 Å². The molecule has 162 valence electrons. The van der Waals surface area contributed by atoms with Crippen molar-refractivity contribution in [2.45, 2.75) is 18.8 Å². The summed E-state index contributed by atoms with van der Waals surface area (Å²) in [6.07, 6.45) is 0.548. The van der Waals surface area contributed by atoms with Gasteiger partial charge in [0.1, 0.15) is 29.0 Å². The monoisotopic (exact) mass is 447 g/mol. The number of likely N-dealkylation sites (tertiary alicyclic amines) is 1. The molecule has 2 aromatic carbocycles. The van der Waals surface area contributed by atoms with E-state index in [1.54, 1.807) is 23.1 Å². The molecule has 0 bridgehead atoms.